The van der Waals surface area contributed by atoms with Crippen LogP contribution in [0, 0.1) is 11.6 Å². The number of amides is 1. The standard InChI is InChI=1S/C12H17F2N3O/c1-3-17(2)5-4-16-12(18)8-6-9(13)11(15)10(14)7-8/h6-7H,3-5,15H2,1-2H3,(H,16,18). The molecule has 1 aromatic carbocycles. The summed E-state index contributed by atoms with van der Waals surface area (Å²) in [5.74, 6) is -2.37. The van der Waals surface area contributed by atoms with Crippen LogP contribution in [0.3, 0.4) is 0 Å². The summed E-state index contributed by atoms with van der Waals surface area (Å²) in [6, 6.07) is 1.86. The molecular weight excluding hydrogens is 240 g/mol. The molecular formula is C12H17F2N3O. The molecule has 0 heterocycles. The summed E-state index contributed by atoms with van der Waals surface area (Å²) < 4.78 is 26.3. The number of carbonyl (C=O) groups is 1. The molecule has 0 aliphatic rings. The minimum Gasteiger partial charge on any atom is -0.394 e. The van der Waals surface area contributed by atoms with Crippen molar-refractivity contribution in [1.29, 1.82) is 0 Å². The third-order valence-corrected chi connectivity index (χ3v) is 2.66. The number of nitrogens with one attached hydrogen (secondary N) is 1. The van der Waals surface area contributed by atoms with Crippen molar-refractivity contribution in [3.63, 3.8) is 0 Å². The lowest BCUT2D eigenvalue weighted by Gasteiger charge is -2.14. The first-order chi connectivity index (χ1) is 8.45. The molecule has 0 aromatic heterocycles. The second-order valence-corrected chi connectivity index (χ2v) is 4.01. The summed E-state index contributed by atoms with van der Waals surface area (Å²) >= 11 is 0. The maximum atomic E-state index is 13.2. The van der Waals surface area contributed by atoms with Gasteiger partial charge >= 0.3 is 0 Å². The van der Waals surface area contributed by atoms with Gasteiger partial charge in [0.05, 0.1) is 0 Å². The van der Waals surface area contributed by atoms with E-state index in [9.17, 15) is 13.6 Å². The van der Waals surface area contributed by atoms with Gasteiger partial charge < -0.3 is 16.0 Å². The fourth-order valence-corrected chi connectivity index (χ4v) is 1.34. The molecule has 0 radical (unpaired) electrons. The van der Waals surface area contributed by atoms with Crippen molar-refractivity contribution in [2.75, 3.05) is 32.4 Å². The van der Waals surface area contributed by atoms with Gasteiger partial charge in [-0.1, -0.05) is 6.92 Å². The number of nitrogen functional groups attached to an aromatic ring is 1. The molecule has 0 atom stereocenters. The van der Waals surface area contributed by atoms with E-state index in [2.05, 4.69) is 5.32 Å². The van der Waals surface area contributed by atoms with Crippen molar-refractivity contribution in [1.82, 2.24) is 10.2 Å². The normalized spacial score (nSPS) is 10.7. The van der Waals surface area contributed by atoms with E-state index < -0.39 is 23.2 Å². The van der Waals surface area contributed by atoms with Gasteiger partial charge in [-0.3, -0.25) is 4.79 Å². The van der Waals surface area contributed by atoms with Crippen LogP contribution in [0.5, 0.6) is 0 Å². The lowest BCUT2D eigenvalue weighted by Crippen LogP contribution is -2.33. The van der Waals surface area contributed by atoms with E-state index in [0.29, 0.717) is 13.1 Å². The number of nitrogens with zero attached hydrogens (tertiary/aromatic N) is 1. The average molecular weight is 257 g/mol. The highest BCUT2D eigenvalue weighted by Gasteiger charge is 2.12. The highest BCUT2D eigenvalue weighted by atomic mass is 19.1. The second-order valence-electron chi connectivity index (χ2n) is 4.01. The summed E-state index contributed by atoms with van der Waals surface area (Å²) in [5.41, 5.74) is 4.48. The smallest absolute Gasteiger partial charge is 0.251 e. The number of benzene rings is 1. The fourth-order valence-electron chi connectivity index (χ4n) is 1.34. The SMILES string of the molecule is CCN(C)CCNC(=O)c1cc(F)c(N)c(F)c1. The molecule has 0 saturated carbocycles. The third-order valence-electron chi connectivity index (χ3n) is 2.66. The lowest BCUT2D eigenvalue weighted by molar-refractivity contribution is 0.0949. The van der Waals surface area contributed by atoms with Crippen molar-refractivity contribution in [3.05, 3.63) is 29.3 Å². The molecule has 100 valence electrons. The molecule has 0 fully saturated rings. The summed E-state index contributed by atoms with van der Waals surface area (Å²) in [6.45, 7) is 3.94. The third kappa shape index (κ3) is 3.66. The van der Waals surface area contributed by atoms with Gasteiger partial charge in [0.15, 0.2) is 0 Å². The number of carbonyl (C=O) groups excluding carboxylic acids is 1. The monoisotopic (exact) mass is 257 g/mol. The first-order valence-electron chi connectivity index (χ1n) is 5.67. The number of anilines is 1. The molecule has 1 aromatic rings. The molecule has 3 N–H and O–H groups in total. The highest BCUT2D eigenvalue weighted by molar-refractivity contribution is 5.94. The molecule has 18 heavy (non-hydrogen) atoms. The van der Waals surface area contributed by atoms with Crippen LogP contribution < -0.4 is 11.1 Å². The van der Waals surface area contributed by atoms with Gasteiger partial charge in [-0.2, -0.15) is 0 Å². The number of nitrogens with two attached hydrogens (primary N) is 1. The first-order valence-corrected chi connectivity index (χ1v) is 5.67. The number of hydrogen-bond acceptors (Lipinski definition) is 3. The molecule has 1 rings (SSSR count). The van der Waals surface area contributed by atoms with Gasteiger partial charge in [0.2, 0.25) is 0 Å². The molecule has 0 unspecified atom stereocenters. The minimum absolute atomic E-state index is 0.0710. The Morgan fingerprint density at radius 2 is 1.94 bits per heavy atom. The van der Waals surface area contributed by atoms with Gasteiger partial charge in [0, 0.05) is 18.7 Å². The Kier molecular flexibility index (Phi) is 5.03. The summed E-state index contributed by atoms with van der Waals surface area (Å²) in [5, 5.41) is 2.58. The molecule has 0 saturated heterocycles. The predicted octanol–water partition coefficient (Wildman–Crippen LogP) is 1.23. The van der Waals surface area contributed by atoms with Crippen LogP contribution in [0.2, 0.25) is 0 Å². The van der Waals surface area contributed by atoms with Crippen molar-refractivity contribution in [3.8, 4) is 0 Å². The zero-order chi connectivity index (χ0) is 13.7. The van der Waals surface area contributed by atoms with Crippen LogP contribution in [0.4, 0.5) is 14.5 Å². The Morgan fingerprint density at radius 1 is 1.39 bits per heavy atom. The van der Waals surface area contributed by atoms with Crippen molar-refractivity contribution >= 4 is 11.6 Å². The van der Waals surface area contributed by atoms with Crippen LogP contribution in [-0.4, -0.2) is 37.5 Å². The molecule has 0 spiro atoms. The first kappa shape index (κ1) is 14.4. The van der Waals surface area contributed by atoms with E-state index in [1.807, 2.05) is 18.9 Å². The van der Waals surface area contributed by atoms with E-state index in [1.54, 1.807) is 0 Å². The topological polar surface area (TPSA) is 58.4 Å². The number of halogens is 2. The second kappa shape index (κ2) is 6.30. The quantitative estimate of drug-likeness (QED) is 0.780. The molecule has 4 nitrogen and oxygen atoms in total. The summed E-state index contributed by atoms with van der Waals surface area (Å²) in [6.07, 6.45) is 0. The summed E-state index contributed by atoms with van der Waals surface area (Å²) in [4.78, 5) is 13.6. The molecule has 0 bridgehead atoms. The van der Waals surface area contributed by atoms with Gasteiger partial charge in [0.1, 0.15) is 17.3 Å². The Labute approximate surface area is 105 Å². The van der Waals surface area contributed by atoms with E-state index in [0.717, 1.165) is 18.7 Å². The number of hydrogen-bond donors (Lipinski definition) is 2. The van der Waals surface area contributed by atoms with Crippen molar-refractivity contribution in [2.24, 2.45) is 0 Å². The highest BCUT2D eigenvalue weighted by Crippen LogP contribution is 2.16. The van der Waals surface area contributed by atoms with Crippen LogP contribution in [0.15, 0.2) is 12.1 Å². The number of likely N-dealkylation sites (N-methyl/N-ethyl adjacent to an activating group) is 1. The van der Waals surface area contributed by atoms with E-state index in [-0.39, 0.29) is 5.56 Å². The maximum Gasteiger partial charge on any atom is 0.251 e. The van der Waals surface area contributed by atoms with Gasteiger partial charge in [-0.15, -0.1) is 0 Å². The van der Waals surface area contributed by atoms with Gasteiger partial charge in [0.25, 0.3) is 5.91 Å². The van der Waals surface area contributed by atoms with Crippen LogP contribution >= 0.6 is 0 Å². The molecule has 1 amide bonds. The lowest BCUT2D eigenvalue weighted by atomic mass is 10.1. The van der Waals surface area contributed by atoms with Crippen LogP contribution in [-0.2, 0) is 0 Å². The Balaban J connectivity index is 2.62. The Hall–Kier alpha value is -1.69. The van der Waals surface area contributed by atoms with E-state index in [4.69, 9.17) is 5.73 Å². The fraction of sp³-hybridized carbons (Fsp3) is 0.417. The van der Waals surface area contributed by atoms with Crippen molar-refractivity contribution < 1.29 is 13.6 Å². The van der Waals surface area contributed by atoms with Crippen molar-refractivity contribution in [2.45, 2.75) is 6.92 Å². The largest absolute Gasteiger partial charge is 0.394 e. The Morgan fingerprint density at radius 3 is 2.44 bits per heavy atom. The predicted molar refractivity (Wildman–Crippen MR) is 66.3 cm³/mol. The zero-order valence-electron chi connectivity index (χ0n) is 10.5. The average Bonchev–Trinajstić information content (AvgIpc) is 2.34. The summed E-state index contributed by atoms with van der Waals surface area (Å²) in [7, 11) is 1.91. The maximum absolute atomic E-state index is 13.2. The Bertz CT molecular complexity index is 414. The van der Waals surface area contributed by atoms with E-state index in [1.165, 1.54) is 0 Å². The molecule has 0 aliphatic heterocycles. The van der Waals surface area contributed by atoms with Crippen LogP contribution in [0.25, 0.3) is 0 Å². The minimum atomic E-state index is -0.925. The molecule has 0 aliphatic carbocycles. The van der Waals surface area contributed by atoms with E-state index >= 15 is 0 Å². The van der Waals surface area contributed by atoms with Crippen LogP contribution in [0.1, 0.15) is 17.3 Å². The number of rotatable bonds is 5. The molecule has 6 heteroatoms. The van der Waals surface area contributed by atoms with Gasteiger partial charge in [-0.25, -0.2) is 8.78 Å². The zero-order valence-corrected chi connectivity index (χ0v) is 10.5. The van der Waals surface area contributed by atoms with Gasteiger partial charge in [-0.05, 0) is 25.7 Å².